The maximum Gasteiger partial charge on any atom is 0.230 e. The number of halogens is 3. The predicted octanol–water partition coefficient (Wildman–Crippen LogP) is 4.54. The van der Waals surface area contributed by atoms with Crippen LogP contribution in [0.4, 0.5) is 10.1 Å². The van der Waals surface area contributed by atoms with Gasteiger partial charge >= 0.3 is 0 Å². The summed E-state index contributed by atoms with van der Waals surface area (Å²) < 4.78 is 20.1. The molecule has 0 spiro atoms. The fourth-order valence-electron chi connectivity index (χ4n) is 3.98. The summed E-state index contributed by atoms with van der Waals surface area (Å²) in [5, 5.41) is 3.64. The van der Waals surface area contributed by atoms with Gasteiger partial charge in [0, 0.05) is 29.9 Å². The van der Waals surface area contributed by atoms with Crippen LogP contribution in [0.3, 0.4) is 0 Å². The molecule has 1 aromatic carbocycles. The van der Waals surface area contributed by atoms with Crippen LogP contribution in [0.15, 0.2) is 36.5 Å². The van der Waals surface area contributed by atoms with Crippen molar-refractivity contribution in [2.75, 3.05) is 5.32 Å². The normalized spacial score (nSPS) is 29.8. The number of hydrogen-bond acceptors (Lipinski definition) is 3. The predicted molar refractivity (Wildman–Crippen MR) is 98.5 cm³/mol. The van der Waals surface area contributed by atoms with E-state index in [1.165, 1.54) is 0 Å². The SMILES string of the molecule is Cc1cc([C@H]2[C@H]3O[C@H](C[C@@H]3F)[C@@H]2C(=O)Nc2ccc(Cl)c(Cl)c2)ccn1. The molecule has 3 heterocycles. The number of aryl methyl sites for hydroxylation is 1. The summed E-state index contributed by atoms with van der Waals surface area (Å²) in [7, 11) is 0. The zero-order valence-corrected chi connectivity index (χ0v) is 15.5. The molecule has 136 valence electrons. The van der Waals surface area contributed by atoms with E-state index in [0.29, 0.717) is 15.7 Å². The number of pyridine rings is 1. The molecule has 2 aliphatic rings. The Labute approximate surface area is 160 Å². The van der Waals surface area contributed by atoms with Gasteiger partial charge in [0.05, 0.1) is 28.2 Å². The largest absolute Gasteiger partial charge is 0.370 e. The Morgan fingerprint density at radius 2 is 2.08 bits per heavy atom. The van der Waals surface area contributed by atoms with Gasteiger partial charge in [-0.3, -0.25) is 9.78 Å². The van der Waals surface area contributed by atoms with E-state index in [9.17, 15) is 9.18 Å². The number of amides is 1. The van der Waals surface area contributed by atoms with Gasteiger partial charge in [0.15, 0.2) is 0 Å². The lowest BCUT2D eigenvalue weighted by Crippen LogP contribution is -2.39. The summed E-state index contributed by atoms with van der Waals surface area (Å²) in [6.45, 7) is 1.87. The Morgan fingerprint density at radius 1 is 1.27 bits per heavy atom. The number of aromatic nitrogens is 1. The van der Waals surface area contributed by atoms with Crippen molar-refractivity contribution in [2.24, 2.45) is 5.92 Å². The van der Waals surface area contributed by atoms with Crippen LogP contribution in [0, 0.1) is 12.8 Å². The molecule has 2 aromatic rings. The van der Waals surface area contributed by atoms with Crippen LogP contribution in [0.5, 0.6) is 0 Å². The van der Waals surface area contributed by atoms with Gasteiger partial charge in [0.1, 0.15) is 6.17 Å². The highest BCUT2D eigenvalue weighted by Crippen LogP contribution is 2.50. The molecule has 1 amide bonds. The van der Waals surface area contributed by atoms with Crippen LogP contribution in [-0.4, -0.2) is 29.3 Å². The van der Waals surface area contributed by atoms with Gasteiger partial charge in [-0.15, -0.1) is 0 Å². The summed E-state index contributed by atoms with van der Waals surface area (Å²) in [6, 6.07) is 8.62. The molecule has 5 atom stereocenters. The first-order chi connectivity index (χ1) is 12.4. The molecule has 0 saturated carbocycles. The lowest BCUT2D eigenvalue weighted by Gasteiger charge is -2.29. The zero-order valence-electron chi connectivity index (χ0n) is 14.0. The highest BCUT2D eigenvalue weighted by Gasteiger charge is 2.57. The van der Waals surface area contributed by atoms with Crippen molar-refractivity contribution in [3.8, 4) is 0 Å². The number of nitrogens with zero attached hydrogens (tertiary/aromatic N) is 1. The van der Waals surface area contributed by atoms with Gasteiger partial charge in [0.25, 0.3) is 0 Å². The van der Waals surface area contributed by atoms with E-state index in [1.807, 2.05) is 19.1 Å². The number of benzene rings is 1. The molecule has 0 radical (unpaired) electrons. The standard InChI is InChI=1S/C19H17Cl2FN2O2/c1-9-6-10(4-5-23-9)16-17(15-8-14(22)18(16)26-15)19(25)24-11-2-3-12(20)13(21)7-11/h2-7,14-18H,8H2,1H3,(H,24,25)/t14-,15+,16+,17-,18-/m0/s1. The van der Waals surface area contributed by atoms with E-state index < -0.39 is 24.3 Å². The Morgan fingerprint density at radius 3 is 2.81 bits per heavy atom. The molecule has 2 fully saturated rings. The first-order valence-electron chi connectivity index (χ1n) is 8.42. The second-order valence-corrected chi connectivity index (χ2v) is 7.61. The minimum absolute atomic E-state index is 0.206. The minimum atomic E-state index is -1.06. The number of carbonyl (C=O) groups is 1. The van der Waals surface area contributed by atoms with Crippen LogP contribution in [0.2, 0.25) is 10.0 Å². The summed E-state index contributed by atoms with van der Waals surface area (Å²) >= 11 is 11.9. The highest BCUT2D eigenvalue weighted by atomic mass is 35.5. The molecule has 26 heavy (non-hydrogen) atoms. The maximum absolute atomic E-state index is 14.3. The Hall–Kier alpha value is -1.69. The molecule has 4 rings (SSSR count). The summed E-state index contributed by atoms with van der Waals surface area (Å²) in [4.78, 5) is 17.2. The van der Waals surface area contributed by atoms with Crippen molar-refractivity contribution in [3.63, 3.8) is 0 Å². The van der Waals surface area contributed by atoms with E-state index >= 15 is 0 Å². The average molecular weight is 395 g/mol. The van der Waals surface area contributed by atoms with E-state index in [4.69, 9.17) is 27.9 Å². The lowest BCUT2D eigenvalue weighted by atomic mass is 9.74. The number of carbonyl (C=O) groups excluding carboxylic acids is 1. The van der Waals surface area contributed by atoms with Crippen LogP contribution in [-0.2, 0) is 9.53 Å². The molecular weight excluding hydrogens is 378 g/mol. The first kappa shape index (κ1) is 17.7. The van der Waals surface area contributed by atoms with Gasteiger partial charge in [-0.1, -0.05) is 23.2 Å². The minimum Gasteiger partial charge on any atom is -0.370 e. The van der Waals surface area contributed by atoms with Gasteiger partial charge < -0.3 is 10.1 Å². The summed E-state index contributed by atoms with van der Waals surface area (Å²) in [5.41, 5.74) is 2.25. The molecule has 2 bridgehead atoms. The molecule has 7 heteroatoms. The smallest absolute Gasteiger partial charge is 0.230 e. The average Bonchev–Trinajstić information content (AvgIpc) is 3.15. The van der Waals surface area contributed by atoms with Crippen LogP contribution >= 0.6 is 23.2 Å². The second kappa shape index (κ2) is 6.80. The van der Waals surface area contributed by atoms with E-state index in [0.717, 1.165) is 11.3 Å². The number of anilines is 1. The molecule has 1 aromatic heterocycles. The fraction of sp³-hybridized carbons (Fsp3) is 0.368. The monoisotopic (exact) mass is 394 g/mol. The van der Waals surface area contributed by atoms with Crippen molar-refractivity contribution >= 4 is 34.8 Å². The Bertz CT molecular complexity index is 863. The third-order valence-corrected chi connectivity index (χ3v) is 5.82. The van der Waals surface area contributed by atoms with Gasteiger partial charge in [0.2, 0.25) is 5.91 Å². The summed E-state index contributed by atoms with van der Waals surface area (Å²) in [5.74, 6) is -1.02. The highest BCUT2D eigenvalue weighted by molar-refractivity contribution is 6.42. The molecule has 4 nitrogen and oxygen atoms in total. The summed E-state index contributed by atoms with van der Waals surface area (Å²) in [6.07, 6.45) is -0.183. The number of ether oxygens (including phenoxy) is 1. The van der Waals surface area contributed by atoms with Gasteiger partial charge in [-0.05, 0) is 42.8 Å². The first-order valence-corrected chi connectivity index (χ1v) is 9.17. The van der Waals surface area contributed by atoms with Gasteiger partial charge in [-0.25, -0.2) is 4.39 Å². The van der Waals surface area contributed by atoms with Crippen molar-refractivity contribution in [1.82, 2.24) is 4.98 Å². The van der Waals surface area contributed by atoms with Crippen molar-refractivity contribution in [2.45, 2.75) is 37.6 Å². The van der Waals surface area contributed by atoms with Crippen LogP contribution in [0.1, 0.15) is 23.6 Å². The molecule has 0 aliphatic carbocycles. The van der Waals surface area contributed by atoms with Crippen LogP contribution in [0.25, 0.3) is 0 Å². The molecule has 2 aliphatic heterocycles. The molecule has 1 N–H and O–H groups in total. The van der Waals surface area contributed by atoms with Crippen molar-refractivity contribution in [3.05, 3.63) is 57.8 Å². The van der Waals surface area contributed by atoms with E-state index in [2.05, 4.69) is 10.3 Å². The third kappa shape index (κ3) is 3.08. The lowest BCUT2D eigenvalue weighted by molar-refractivity contribution is -0.121. The third-order valence-electron chi connectivity index (χ3n) is 5.08. The fourth-order valence-corrected chi connectivity index (χ4v) is 4.28. The maximum atomic E-state index is 14.3. The van der Waals surface area contributed by atoms with Gasteiger partial charge in [-0.2, -0.15) is 0 Å². The molecule has 0 unspecified atom stereocenters. The molecule has 2 saturated heterocycles. The number of rotatable bonds is 3. The Balaban J connectivity index is 1.62. The molecular formula is C19H17Cl2FN2O2. The Kier molecular flexibility index (Phi) is 4.63. The van der Waals surface area contributed by atoms with E-state index in [1.54, 1.807) is 24.4 Å². The topological polar surface area (TPSA) is 51.2 Å². The number of fused-ring (bicyclic) bond motifs is 2. The van der Waals surface area contributed by atoms with Crippen molar-refractivity contribution in [1.29, 1.82) is 0 Å². The van der Waals surface area contributed by atoms with Crippen molar-refractivity contribution < 1.29 is 13.9 Å². The zero-order chi connectivity index (χ0) is 18.4. The second-order valence-electron chi connectivity index (χ2n) is 6.79. The van der Waals surface area contributed by atoms with Crippen LogP contribution < -0.4 is 5.32 Å². The number of alkyl halides is 1. The van der Waals surface area contributed by atoms with E-state index in [-0.39, 0.29) is 18.2 Å². The quantitative estimate of drug-likeness (QED) is 0.830. The number of hydrogen-bond donors (Lipinski definition) is 1. The number of nitrogens with one attached hydrogen (secondary N) is 1.